The molecule has 1 amide bonds. The minimum absolute atomic E-state index is 0.0269. The Morgan fingerprint density at radius 3 is 2.54 bits per heavy atom. The molecule has 1 saturated heterocycles. The minimum atomic E-state index is -3.02. The Bertz CT molecular complexity index is 928. The lowest BCUT2D eigenvalue weighted by Gasteiger charge is -2.29. The summed E-state index contributed by atoms with van der Waals surface area (Å²) in [6.07, 6.45) is 1.40. The van der Waals surface area contributed by atoms with E-state index >= 15 is 0 Å². The van der Waals surface area contributed by atoms with Gasteiger partial charge in [-0.05, 0) is 56.4 Å². The number of rotatable bonds is 8. The number of fused-ring (bicyclic) bond motifs is 1. The van der Waals surface area contributed by atoms with E-state index < -0.39 is 9.84 Å². The molecule has 5 nitrogen and oxygen atoms in total. The summed E-state index contributed by atoms with van der Waals surface area (Å²) in [7, 11) is 0.986. The molecule has 1 heterocycles. The van der Waals surface area contributed by atoms with Crippen molar-refractivity contribution in [1.29, 1.82) is 0 Å². The molecule has 2 aromatic rings. The van der Waals surface area contributed by atoms with Crippen LogP contribution >= 0.6 is 11.8 Å². The van der Waals surface area contributed by atoms with Gasteiger partial charge in [0.05, 0.1) is 17.3 Å². The zero-order valence-electron chi connectivity index (χ0n) is 16.5. The molecule has 0 aromatic heterocycles. The Balaban J connectivity index is 1.65. The highest BCUT2D eigenvalue weighted by Crippen LogP contribution is 2.25. The van der Waals surface area contributed by atoms with E-state index in [9.17, 15) is 13.2 Å². The average Bonchev–Trinajstić information content (AvgIpc) is 3.02. The molecular formula is C21H28N2O3S2. The van der Waals surface area contributed by atoms with Crippen molar-refractivity contribution in [2.75, 3.05) is 44.4 Å². The van der Waals surface area contributed by atoms with Crippen LogP contribution in [0.5, 0.6) is 0 Å². The van der Waals surface area contributed by atoms with Crippen LogP contribution in [-0.4, -0.2) is 74.6 Å². The zero-order valence-corrected chi connectivity index (χ0v) is 18.1. The molecule has 152 valence electrons. The van der Waals surface area contributed by atoms with Gasteiger partial charge in [-0.25, -0.2) is 8.42 Å². The molecule has 7 heteroatoms. The van der Waals surface area contributed by atoms with E-state index in [2.05, 4.69) is 29.2 Å². The van der Waals surface area contributed by atoms with Crippen molar-refractivity contribution in [2.45, 2.75) is 23.8 Å². The summed E-state index contributed by atoms with van der Waals surface area (Å²) in [5.74, 6) is 0.643. The van der Waals surface area contributed by atoms with Gasteiger partial charge in [0, 0.05) is 17.5 Å². The van der Waals surface area contributed by atoms with Crippen LogP contribution in [0.2, 0.25) is 0 Å². The van der Waals surface area contributed by atoms with Crippen molar-refractivity contribution in [2.24, 2.45) is 0 Å². The lowest BCUT2D eigenvalue weighted by Crippen LogP contribution is -2.43. The lowest BCUT2D eigenvalue weighted by molar-refractivity contribution is -0.130. The third kappa shape index (κ3) is 5.72. The van der Waals surface area contributed by atoms with Crippen LogP contribution < -0.4 is 0 Å². The van der Waals surface area contributed by atoms with E-state index in [4.69, 9.17) is 0 Å². The van der Waals surface area contributed by atoms with Crippen molar-refractivity contribution in [3.8, 4) is 0 Å². The Morgan fingerprint density at radius 2 is 1.86 bits per heavy atom. The highest BCUT2D eigenvalue weighted by atomic mass is 32.2. The molecule has 28 heavy (non-hydrogen) atoms. The molecule has 0 saturated carbocycles. The molecule has 2 aromatic carbocycles. The fourth-order valence-electron chi connectivity index (χ4n) is 3.57. The van der Waals surface area contributed by atoms with Crippen LogP contribution in [-0.2, 0) is 14.6 Å². The summed E-state index contributed by atoms with van der Waals surface area (Å²) < 4.78 is 23.8. The van der Waals surface area contributed by atoms with E-state index in [0.717, 1.165) is 23.2 Å². The number of hydrogen-bond acceptors (Lipinski definition) is 5. The van der Waals surface area contributed by atoms with Crippen LogP contribution in [0.15, 0.2) is 47.4 Å². The summed E-state index contributed by atoms with van der Waals surface area (Å²) in [4.78, 5) is 17.9. The van der Waals surface area contributed by atoms with Crippen LogP contribution in [0.1, 0.15) is 12.8 Å². The van der Waals surface area contributed by atoms with Crippen molar-refractivity contribution in [3.05, 3.63) is 42.5 Å². The van der Waals surface area contributed by atoms with Gasteiger partial charge in [0.25, 0.3) is 0 Å². The number of nitrogens with zero attached hydrogens (tertiary/aromatic N) is 2. The molecule has 1 unspecified atom stereocenters. The Kier molecular flexibility index (Phi) is 7.01. The summed E-state index contributed by atoms with van der Waals surface area (Å²) >= 11 is 1.52. The Hall–Kier alpha value is -1.57. The molecule has 1 atom stereocenters. The fraction of sp³-hybridized carbons (Fsp3) is 0.476. The van der Waals surface area contributed by atoms with Gasteiger partial charge in [-0.15, -0.1) is 11.8 Å². The van der Waals surface area contributed by atoms with E-state index in [0.29, 0.717) is 18.7 Å². The second-order valence-corrected chi connectivity index (χ2v) is 10.9. The van der Waals surface area contributed by atoms with Crippen molar-refractivity contribution in [3.63, 3.8) is 0 Å². The highest BCUT2D eigenvalue weighted by Gasteiger charge is 2.34. The van der Waals surface area contributed by atoms with Gasteiger partial charge >= 0.3 is 0 Å². The molecule has 1 fully saturated rings. The summed E-state index contributed by atoms with van der Waals surface area (Å²) in [6, 6.07) is 14.2. The number of thioether (sulfide) groups is 1. The maximum absolute atomic E-state index is 13.0. The molecule has 0 radical (unpaired) electrons. The highest BCUT2D eigenvalue weighted by molar-refractivity contribution is 8.00. The van der Waals surface area contributed by atoms with Gasteiger partial charge in [0.1, 0.15) is 0 Å². The fourth-order valence-corrected chi connectivity index (χ4v) is 6.14. The van der Waals surface area contributed by atoms with E-state index in [1.54, 1.807) is 0 Å². The maximum atomic E-state index is 13.0. The van der Waals surface area contributed by atoms with Gasteiger partial charge in [0.15, 0.2) is 9.84 Å². The Labute approximate surface area is 172 Å². The normalized spacial score (nSPS) is 18.6. The molecule has 1 aliphatic rings. The third-order valence-corrected chi connectivity index (χ3v) is 7.79. The number of carbonyl (C=O) groups excluding carboxylic acids is 1. The number of sulfone groups is 1. The standard InChI is InChI=1S/C21H28N2O3S2/c1-22(2)11-5-12-23(19-10-13-28(25,26)16-19)21(24)15-27-20-9-8-17-6-3-4-7-18(17)14-20/h3-4,6-9,14,19H,5,10-13,15-16H2,1-2H3. The summed E-state index contributed by atoms with van der Waals surface area (Å²) in [5, 5.41) is 2.34. The van der Waals surface area contributed by atoms with Crippen molar-refractivity contribution >= 4 is 38.3 Å². The quantitative estimate of drug-likeness (QED) is 0.615. The summed E-state index contributed by atoms with van der Waals surface area (Å²) in [6.45, 7) is 1.48. The lowest BCUT2D eigenvalue weighted by atomic mass is 10.1. The predicted octanol–water partition coefficient (Wildman–Crippen LogP) is 2.90. The third-order valence-electron chi connectivity index (χ3n) is 5.06. The smallest absolute Gasteiger partial charge is 0.233 e. The number of benzene rings is 2. The largest absolute Gasteiger partial charge is 0.338 e. The van der Waals surface area contributed by atoms with Gasteiger partial charge in [0.2, 0.25) is 5.91 Å². The molecule has 0 spiro atoms. The van der Waals surface area contributed by atoms with Gasteiger partial charge in [-0.1, -0.05) is 30.3 Å². The number of amides is 1. The van der Waals surface area contributed by atoms with Crippen LogP contribution in [0, 0.1) is 0 Å². The molecule has 0 N–H and O–H groups in total. The van der Waals surface area contributed by atoms with E-state index in [1.807, 2.05) is 37.2 Å². The first-order valence-electron chi connectivity index (χ1n) is 9.60. The topological polar surface area (TPSA) is 57.7 Å². The SMILES string of the molecule is CN(C)CCCN(C(=O)CSc1ccc2ccccc2c1)C1CCS(=O)(=O)C1. The zero-order chi connectivity index (χ0) is 20.1. The van der Waals surface area contributed by atoms with Crippen LogP contribution in [0.3, 0.4) is 0 Å². The maximum Gasteiger partial charge on any atom is 0.233 e. The van der Waals surface area contributed by atoms with Crippen molar-refractivity contribution in [1.82, 2.24) is 9.80 Å². The number of hydrogen-bond donors (Lipinski definition) is 0. The Morgan fingerprint density at radius 1 is 1.11 bits per heavy atom. The van der Waals surface area contributed by atoms with E-state index in [1.165, 1.54) is 17.1 Å². The molecule has 1 aliphatic heterocycles. The average molecular weight is 421 g/mol. The van der Waals surface area contributed by atoms with Crippen molar-refractivity contribution < 1.29 is 13.2 Å². The van der Waals surface area contributed by atoms with Gasteiger partial charge < -0.3 is 9.80 Å². The molecule has 0 bridgehead atoms. The second kappa shape index (κ2) is 9.29. The predicted molar refractivity (Wildman–Crippen MR) is 117 cm³/mol. The molecule has 0 aliphatic carbocycles. The first-order chi connectivity index (χ1) is 13.3. The van der Waals surface area contributed by atoms with Gasteiger partial charge in [-0.3, -0.25) is 4.79 Å². The van der Waals surface area contributed by atoms with Crippen LogP contribution in [0.25, 0.3) is 10.8 Å². The number of carbonyl (C=O) groups is 1. The molecule has 3 rings (SSSR count). The minimum Gasteiger partial charge on any atom is -0.338 e. The second-order valence-electron chi connectivity index (χ2n) is 7.60. The van der Waals surface area contributed by atoms with E-state index in [-0.39, 0.29) is 23.5 Å². The van der Waals surface area contributed by atoms with Crippen LogP contribution in [0.4, 0.5) is 0 Å². The monoisotopic (exact) mass is 420 g/mol. The van der Waals surface area contributed by atoms with Gasteiger partial charge in [-0.2, -0.15) is 0 Å². The first kappa shape index (κ1) is 21.1. The molecular weight excluding hydrogens is 392 g/mol. The summed E-state index contributed by atoms with van der Waals surface area (Å²) in [5.41, 5.74) is 0. The first-order valence-corrected chi connectivity index (χ1v) is 12.4.